The average Bonchev–Trinajstić information content (AvgIpc) is 2.57. The van der Waals surface area contributed by atoms with Gasteiger partial charge in [-0.1, -0.05) is 59.2 Å². The van der Waals surface area contributed by atoms with Crippen LogP contribution in [0.25, 0.3) is 0 Å². The van der Waals surface area contributed by atoms with Gasteiger partial charge in [-0.15, -0.1) is 0 Å². The normalized spacial score (nSPS) is 12.7. The van der Waals surface area contributed by atoms with Gasteiger partial charge in [0.15, 0.2) is 0 Å². The van der Waals surface area contributed by atoms with E-state index in [2.05, 4.69) is 47.4 Å². The molecule has 0 radical (unpaired) electrons. The van der Waals surface area contributed by atoms with Crippen molar-refractivity contribution in [2.75, 3.05) is 4.90 Å². The molecule has 1 heterocycles. The first-order chi connectivity index (χ1) is 11.2. The zero-order valence-corrected chi connectivity index (χ0v) is 14.5. The molecular weight excluding hydrogens is 345 g/mol. The van der Waals surface area contributed by atoms with Gasteiger partial charge in [-0.25, -0.2) is 0 Å². The van der Waals surface area contributed by atoms with Gasteiger partial charge in [0, 0.05) is 26.4 Å². The van der Waals surface area contributed by atoms with E-state index in [-0.39, 0.29) is 0 Å². The topological polar surface area (TPSA) is 3.24 Å². The van der Waals surface area contributed by atoms with Crippen molar-refractivity contribution in [2.24, 2.45) is 0 Å². The van der Waals surface area contributed by atoms with Crippen LogP contribution in [0, 0.1) is 0 Å². The van der Waals surface area contributed by atoms with Crippen LogP contribution in [0.2, 0.25) is 10.0 Å². The number of para-hydroxylation sites is 1. The Bertz CT molecular complexity index is 861. The molecule has 3 aromatic rings. The second-order valence-electron chi connectivity index (χ2n) is 5.39. The Hall–Kier alpha value is -1.61. The number of rotatable bonds is 2. The van der Waals surface area contributed by atoms with Crippen LogP contribution in [0.5, 0.6) is 0 Å². The Morgan fingerprint density at radius 2 is 1.43 bits per heavy atom. The van der Waals surface area contributed by atoms with E-state index in [4.69, 9.17) is 23.2 Å². The highest BCUT2D eigenvalue weighted by Crippen LogP contribution is 2.49. The molecule has 0 bridgehead atoms. The first-order valence-corrected chi connectivity index (χ1v) is 8.86. The molecule has 1 aliphatic heterocycles. The van der Waals surface area contributed by atoms with E-state index >= 15 is 0 Å². The first kappa shape index (κ1) is 14.9. The van der Waals surface area contributed by atoms with Gasteiger partial charge in [-0.2, -0.15) is 0 Å². The Balaban J connectivity index is 1.81. The monoisotopic (exact) mass is 357 g/mol. The molecule has 3 aromatic carbocycles. The van der Waals surface area contributed by atoms with Crippen LogP contribution in [-0.2, 0) is 6.54 Å². The predicted molar refractivity (Wildman–Crippen MR) is 99.3 cm³/mol. The van der Waals surface area contributed by atoms with Gasteiger partial charge in [-0.05, 0) is 48.0 Å². The highest BCUT2D eigenvalue weighted by Gasteiger charge is 2.23. The summed E-state index contributed by atoms with van der Waals surface area (Å²) in [4.78, 5) is 4.80. The molecular formula is C19H13Cl2NS. The number of benzene rings is 3. The maximum absolute atomic E-state index is 6.24. The zero-order chi connectivity index (χ0) is 15.8. The van der Waals surface area contributed by atoms with Gasteiger partial charge in [-0.3, -0.25) is 0 Å². The summed E-state index contributed by atoms with van der Waals surface area (Å²) in [5.74, 6) is 0. The van der Waals surface area contributed by atoms with Gasteiger partial charge in [0.25, 0.3) is 0 Å². The van der Waals surface area contributed by atoms with E-state index in [9.17, 15) is 0 Å². The highest BCUT2D eigenvalue weighted by atomic mass is 35.5. The number of hydrogen-bond donors (Lipinski definition) is 0. The summed E-state index contributed by atoms with van der Waals surface area (Å²) in [7, 11) is 0. The number of hydrogen-bond acceptors (Lipinski definition) is 2. The van der Waals surface area contributed by atoms with Crippen molar-refractivity contribution in [2.45, 2.75) is 16.3 Å². The number of halogens is 2. The lowest BCUT2D eigenvalue weighted by atomic mass is 10.1. The van der Waals surface area contributed by atoms with Crippen molar-refractivity contribution in [3.05, 3.63) is 82.3 Å². The van der Waals surface area contributed by atoms with Crippen LogP contribution in [-0.4, -0.2) is 0 Å². The van der Waals surface area contributed by atoms with E-state index in [1.165, 1.54) is 21.0 Å². The largest absolute Gasteiger partial charge is 0.335 e. The lowest BCUT2D eigenvalue weighted by Gasteiger charge is -2.33. The second-order valence-corrected chi connectivity index (χ2v) is 7.35. The summed E-state index contributed by atoms with van der Waals surface area (Å²) in [6.45, 7) is 0.780. The summed E-state index contributed by atoms with van der Waals surface area (Å²) in [6.07, 6.45) is 0. The average molecular weight is 358 g/mol. The Morgan fingerprint density at radius 1 is 0.739 bits per heavy atom. The van der Waals surface area contributed by atoms with Crippen LogP contribution in [0.3, 0.4) is 0 Å². The molecule has 1 aliphatic rings. The molecule has 1 nitrogen and oxygen atoms in total. The van der Waals surface area contributed by atoms with E-state index in [1.807, 2.05) is 24.3 Å². The lowest BCUT2D eigenvalue weighted by Crippen LogP contribution is -2.20. The maximum atomic E-state index is 6.24. The molecule has 0 fully saturated rings. The second kappa shape index (κ2) is 6.12. The maximum Gasteiger partial charge on any atom is 0.0570 e. The highest BCUT2D eigenvalue weighted by molar-refractivity contribution is 7.99. The predicted octanol–water partition coefficient (Wildman–Crippen LogP) is 6.80. The summed E-state index contributed by atoms with van der Waals surface area (Å²) >= 11 is 14.0. The minimum atomic E-state index is 0.754. The third-order valence-electron chi connectivity index (χ3n) is 3.84. The van der Waals surface area contributed by atoms with E-state index in [0.29, 0.717) is 0 Å². The minimum Gasteiger partial charge on any atom is -0.335 e. The fraction of sp³-hybridized carbons (Fsp3) is 0.0526. The molecule has 0 saturated carbocycles. The summed E-state index contributed by atoms with van der Waals surface area (Å²) < 4.78 is 0. The standard InChI is InChI=1S/C19H13Cl2NS/c20-14-7-5-13(6-8-14)12-22-16-3-1-2-4-18(16)23-19-10-9-15(21)11-17(19)22/h1-11H,12H2. The van der Waals surface area contributed by atoms with Crippen molar-refractivity contribution in [1.82, 2.24) is 0 Å². The van der Waals surface area contributed by atoms with Crippen molar-refractivity contribution in [1.29, 1.82) is 0 Å². The fourth-order valence-electron chi connectivity index (χ4n) is 2.75. The Labute approximate surface area is 149 Å². The molecule has 0 unspecified atom stereocenters. The van der Waals surface area contributed by atoms with Crippen LogP contribution in [0.15, 0.2) is 76.5 Å². The minimum absolute atomic E-state index is 0.754. The molecule has 0 atom stereocenters. The quantitative estimate of drug-likeness (QED) is 0.496. The number of fused-ring (bicyclic) bond motifs is 2. The van der Waals surface area contributed by atoms with Crippen LogP contribution >= 0.6 is 35.0 Å². The molecule has 114 valence electrons. The van der Waals surface area contributed by atoms with Crippen LogP contribution in [0.4, 0.5) is 11.4 Å². The fourth-order valence-corrected chi connectivity index (χ4v) is 4.11. The smallest absolute Gasteiger partial charge is 0.0570 e. The van der Waals surface area contributed by atoms with E-state index < -0.39 is 0 Å². The molecule has 0 N–H and O–H groups in total. The van der Waals surface area contributed by atoms with E-state index in [0.717, 1.165) is 22.3 Å². The van der Waals surface area contributed by atoms with Crippen molar-refractivity contribution < 1.29 is 0 Å². The summed E-state index contributed by atoms with van der Waals surface area (Å²) in [5.41, 5.74) is 3.57. The summed E-state index contributed by atoms with van der Waals surface area (Å²) in [6, 6.07) is 22.5. The third-order valence-corrected chi connectivity index (χ3v) is 5.46. The zero-order valence-electron chi connectivity index (χ0n) is 12.2. The molecule has 4 heteroatoms. The van der Waals surface area contributed by atoms with Gasteiger partial charge in [0.1, 0.15) is 0 Å². The van der Waals surface area contributed by atoms with Crippen molar-refractivity contribution >= 4 is 46.3 Å². The molecule has 0 spiro atoms. The lowest BCUT2D eigenvalue weighted by molar-refractivity contribution is 0.938. The molecule has 0 aromatic heterocycles. The molecule has 0 aliphatic carbocycles. The van der Waals surface area contributed by atoms with Crippen molar-refractivity contribution in [3.8, 4) is 0 Å². The van der Waals surface area contributed by atoms with Crippen LogP contribution in [0.1, 0.15) is 5.56 Å². The summed E-state index contributed by atoms with van der Waals surface area (Å²) in [5, 5.41) is 1.51. The SMILES string of the molecule is Clc1ccc(CN2c3ccccc3Sc3ccc(Cl)cc32)cc1. The molecule has 0 saturated heterocycles. The van der Waals surface area contributed by atoms with Gasteiger partial charge in [0.05, 0.1) is 11.4 Å². The van der Waals surface area contributed by atoms with Gasteiger partial charge in [0.2, 0.25) is 0 Å². The third kappa shape index (κ3) is 2.94. The van der Waals surface area contributed by atoms with E-state index in [1.54, 1.807) is 11.8 Å². The molecule has 23 heavy (non-hydrogen) atoms. The Morgan fingerprint density at radius 3 is 2.26 bits per heavy atom. The molecule has 0 amide bonds. The molecule has 4 rings (SSSR count). The van der Waals surface area contributed by atoms with Crippen molar-refractivity contribution in [3.63, 3.8) is 0 Å². The van der Waals surface area contributed by atoms with Gasteiger partial charge < -0.3 is 4.90 Å². The number of anilines is 2. The van der Waals surface area contributed by atoms with Crippen LogP contribution < -0.4 is 4.90 Å². The van der Waals surface area contributed by atoms with Gasteiger partial charge >= 0.3 is 0 Å². The number of nitrogens with zero attached hydrogens (tertiary/aromatic N) is 1. The first-order valence-electron chi connectivity index (χ1n) is 7.29. The Kier molecular flexibility index (Phi) is 3.98.